The Kier molecular flexibility index (Phi) is 3.79. The minimum atomic E-state index is -0.379. The van der Waals surface area contributed by atoms with Crippen molar-refractivity contribution in [2.75, 3.05) is 6.54 Å². The summed E-state index contributed by atoms with van der Waals surface area (Å²) in [7, 11) is 0. The Morgan fingerprint density at radius 2 is 2.50 bits per heavy atom. The van der Waals surface area contributed by atoms with E-state index in [2.05, 4.69) is 0 Å². The van der Waals surface area contributed by atoms with Crippen LogP contribution in [0.15, 0.2) is 17.0 Å². The SMILES string of the molecule is CCC(=Cc1csc([N+](=O)[O-])c1)CN. The van der Waals surface area contributed by atoms with Crippen LogP contribution in [-0.4, -0.2) is 11.5 Å². The van der Waals surface area contributed by atoms with Crippen LogP contribution in [0.1, 0.15) is 18.9 Å². The third kappa shape index (κ3) is 2.65. The summed E-state index contributed by atoms with van der Waals surface area (Å²) >= 11 is 1.14. The second kappa shape index (κ2) is 4.88. The number of nitrogens with two attached hydrogens (primary N) is 1. The highest BCUT2D eigenvalue weighted by Gasteiger charge is 2.07. The molecule has 14 heavy (non-hydrogen) atoms. The van der Waals surface area contributed by atoms with Crippen LogP contribution < -0.4 is 5.73 Å². The van der Waals surface area contributed by atoms with Gasteiger partial charge in [0.1, 0.15) is 0 Å². The first-order chi connectivity index (χ1) is 6.67. The van der Waals surface area contributed by atoms with Crippen molar-refractivity contribution in [2.45, 2.75) is 13.3 Å². The molecule has 1 rings (SSSR count). The first-order valence-corrected chi connectivity index (χ1v) is 5.17. The van der Waals surface area contributed by atoms with E-state index in [0.29, 0.717) is 6.54 Å². The predicted octanol–water partition coefficient (Wildman–Crippen LogP) is 2.41. The van der Waals surface area contributed by atoms with Crippen molar-refractivity contribution in [2.24, 2.45) is 5.73 Å². The summed E-state index contributed by atoms with van der Waals surface area (Å²) in [5.41, 5.74) is 7.46. The molecule has 0 bridgehead atoms. The number of nitro groups is 1. The third-order valence-corrected chi connectivity index (χ3v) is 2.77. The number of nitrogens with zero attached hydrogens (tertiary/aromatic N) is 1. The van der Waals surface area contributed by atoms with Crippen molar-refractivity contribution in [1.82, 2.24) is 0 Å². The Labute approximate surface area is 86.2 Å². The van der Waals surface area contributed by atoms with Crippen LogP contribution in [-0.2, 0) is 0 Å². The molecule has 0 saturated carbocycles. The van der Waals surface area contributed by atoms with Crippen LogP contribution in [0.4, 0.5) is 5.00 Å². The third-order valence-electron chi connectivity index (χ3n) is 1.87. The average molecular weight is 212 g/mol. The Morgan fingerprint density at radius 1 is 1.79 bits per heavy atom. The van der Waals surface area contributed by atoms with Gasteiger partial charge in [0.05, 0.1) is 4.92 Å². The minimum Gasteiger partial charge on any atom is -0.327 e. The fraction of sp³-hybridized carbons (Fsp3) is 0.333. The molecule has 0 aliphatic carbocycles. The van der Waals surface area contributed by atoms with Gasteiger partial charge in [0.15, 0.2) is 0 Å². The van der Waals surface area contributed by atoms with E-state index in [1.807, 2.05) is 13.0 Å². The van der Waals surface area contributed by atoms with E-state index >= 15 is 0 Å². The van der Waals surface area contributed by atoms with Crippen LogP contribution in [0.5, 0.6) is 0 Å². The van der Waals surface area contributed by atoms with Gasteiger partial charge in [0, 0.05) is 18.0 Å². The normalized spacial score (nSPS) is 11.7. The molecule has 1 aromatic heterocycles. The maximum absolute atomic E-state index is 10.4. The molecule has 0 amide bonds. The molecule has 0 fully saturated rings. The van der Waals surface area contributed by atoms with Crippen molar-refractivity contribution in [1.29, 1.82) is 0 Å². The molecule has 0 spiro atoms. The first kappa shape index (κ1) is 10.9. The van der Waals surface area contributed by atoms with Crippen LogP contribution >= 0.6 is 11.3 Å². The van der Waals surface area contributed by atoms with Gasteiger partial charge in [-0.25, -0.2) is 0 Å². The number of thiophene rings is 1. The summed E-state index contributed by atoms with van der Waals surface area (Å²) in [6.45, 7) is 2.51. The van der Waals surface area contributed by atoms with Crippen molar-refractivity contribution in [3.63, 3.8) is 0 Å². The molecule has 0 saturated heterocycles. The molecule has 5 heteroatoms. The summed E-state index contributed by atoms with van der Waals surface area (Å²) in [6.07, 6.45) is 2.78. The molecule has 2 N–H and O–H groups in total. The molecule has 0 aliphatic heterocycles. The van der Waals surface area contributed by atoms with Gasteiger partial charge in [-0.05, 0) is 12.0 Å². The summed E-state index contributed by atoms with van der Waals surface area (Å²) in [4.78, 5) is 10.0. The lowest BCUT2D eigenvalue weighted by molar-refractivity contribution is -0.380. The van der Waals surface area contributed by atoms with E-state index < -0.39 is 0 Å². The van der Waals surface area contributed by atoms with E-state index in [0.717, 1.165) is 28.9 Å². The molecule has 0 aromatic carbocycles. The number of hydrogen-bond donors (Lipinski definition) is 1. The van der Waals surface area contributed by atoms with Gasteiger partial charge in [0.2, 0.25) is 0 Å². The highest BCUT2D eigenvalue weighted by atomic mass is 32.1. The minimum absolute atomic E-state index is 0.170. The summed E-state index contributed by atoms with van der Waals surface area (Å²) in [6, 6.07) is 1.57. The van der Waals surface area contributed by atoms with Gasteiger partial charge in [-0.2, -0.15) is 0 Å². The van der Waals surface area contributed by atoms with Crippen LogP contribution in [0, 0.1) is 10.1 Å². The molecule has 1 heterocycles. The zero-order valence-corrected chi connectivity index (χ0v) is 8.71. The average Bonchev–Trinajstić information content (AvgIpc) is 2.62. The fourth-order valence-electron chi connectivity index (χ4n) is 1.05. The Morgan fingerprint density at radius 3 is 2.93 bits per heavy atom. The largest absolute Gasteiger partial charge is 0.327 e. The molecule has 0 radical (unpaired) electrons. The van der Waals surface area contributed by atoms with Gasteiger partial charge in [-0.1, -0.05) is 29.9 Å². The monoisotopic (exact) mass is 212 g/mol. The van der Waals surface area contributed by atoms with Gasteiger partial charge in [-0.3, -0.25) is 10.1 Å². The van der Waals surface area contributed by atoms with Crippen molar-refractivity contribution in [3.05, 3.63) is 32.7 Å². The van der Waals surface area contributed by atoms with Crippen LogP contribution in [0.2, 0.25) is 0 Å². The smallest absolute Gasteiger partial charge is 0.324 e. The highest BCUT2D eigenvalue weighted by molar-refractivity contribution is 7.13. The molecular weight excluding hydrogens is 200 g/mol. The molecule has 0 unspecified atom stereocenters. The Balaban J connectivity index is 2.87. The van der Waals surface area contributed by atoms with Gasteiger partial charge >= 0.3 is 5.00 Å². The zero-order valence-electron chi connectivity index (χ0n) is 7.90. The molecular formula is C9H12N2O2S. The molecule has 0 atom stereocenters. The second-order valence-corrected chi connectivity index (χ2v) is 3.73. The van der Waals surface area contributed by atoms with Gasteiger partial charge < -0.3 is 5.73 Å². The zero-order chi connectivity index (χ0) is 10.6. The standard InChI is InChI=1S/C9H12N2O2S/c1-2-7(5-10)3-8-4-9(11(12)13)14-6-8/h3-4,6H,2,5,10H2,1H3. The molecule has 0 aliphatic rings. The van der Waals surface area contributed by atoms with E-state index in [-0.39, 0.29) is 9.92 Å². The van der Waals surface area contributed by atoms with Crippen molar-refractivity contribution < 1.29 is 4.92 Å². The molecule has 76 valence electrons. The first-order valence-electron chi connectivity index (χ1n) is 4.29. The van der Waals surface area contributed by atoms with Crippen LogP contribution in [0.3, 0.4) is 0 Å². The lowest BCUT2D eigenvalue weighted by atomic mass is 10.1. The molecule has 1 aromatic rings. The maximum Gasteiger partial charge on any atom is 0.324 e. The van der Waals surface area contributed by atoms with E-state index in [1.165, 1.54) is 0 Å². The number of rotatable bonds is 4. The summed E-state index contributed by atoms with van der Waals surface area (Å²) < 4.78 is 0. The van der Waals surface area contributed by atoms with Crippen molar-refractivity contribution in [3.8, 4) is 0 Å². The quantitative estimate of drug-likeness (QED) is 0.615. The van der Waals surface area contributed by atoms with E-state index in [9.17, 15) is 10.1 Å². The second-order valence-electron chi connectivity index (χ2n) is 2.84. The molecule has 4 nitrogen and oxygen atoms in total. The Hall–Kier alpha value is -1.20. The van der Waals surface area contributed by atoms with E-state index in [1.54, 1.807) is 11.4 Å². The predicted molar refractivity (Wildman–Crippen MR) is 58.3 cm³/mol. The topological polar surface area (TPSA) is 69.2 Å². The fourth-order valence-corrected chi connectivity index (χ4v) is 1.73. The number of hydrogen-bond acceptors (Lipinski definition) is 4. The summed E-state index contributed by atoms with van der Waals surface area (Å²) in [5.74, 6) is 0. The van der Waals surface area contributed by atoms with Crippen LogP contribution in [0.25, 0.3) is 6.08 Å². The summed E-state index contributed by atoms with van der Waals surface area (Å²) in [5, 5.41) is 12.3. The Bertz CT molecular complexity index is 351. The highest BCUT2D eigenvalue weighted by Crippen LogP contribution is 2.24. The van der Waals surface area contributed by atoms with E-state index in [4.69, 9.17) is 5.73 Å². The van der Waals surface area contributed by atoms with Gasteiger partial charge in [0.25, 0.3) is 0 Å². The lowest BCUT2D eigenvalue weighted by Crippen LogP contribution is -2.01. The maximum atomic E-state index is 10.4. The van der Waals surface area contributed by atoms with Crippen molar-refractivity contribution >= 4 is 22.4 Å². The lowest BCUT2D eigenvalue weighted by Gasteiger charge is -1.97. The van der Waals surface area contributed by atoms with Gasteiger partial charge in [-0.15, -0.1) is 0 Å².